The summed E-state index contributed by atoms with van der Waals surface area (Å²) in [6.07, 6.45) is -3.79. The van der Waals surface area contributed by atoms with Crippen molar-refractivity contribution in [2.75, 3.05) is 6.26 Å². The molecule has 0 spiro atoms. The standard InChI is InChI=1S/C23H24F4N4O3S/c1-13-5-4-6-16(9-13)31-17(11-20(30-31)23(25,26)27)12-29-22(32)14(2)15-7-8-18(19(24)10-15)21(28)35(3,33)34/h4-11,14,21H,12,28H2,1-3H3,(H,29,32). The van der Waals surface area contributed by atoms with Crippen molar-refractivity contribution in [3.63, 3.8) is 0 Å². The molecule has 0 aliphatic carbocycles. The van der Waals surface area contributed by atoms with E-state index in [-0.39, 0.29) is 23.4 Å². The number of hydrogen-bond donors (Lipinski definition) is 2. The number of nitrogens with one attached hydrogen (secondary N) is 1. The van der Waals surface area contributed by atoms with Gasteiger partial charge in [0.1, 0.15) is 11.2 Å². The number of carbonyl (C=O) groups is 1. The average molecular weight is 513 g/mol. The van der Waals surface area contributed by atoms with Crippen molar-refractivity contribution in [1.82, 2.24) is 15.1 Å². The van der Waals surface area contributed by atoms with Gasteiger partial charge in [0.25, 0.3) is 0 Å². The van der Waals surface area contributed by atoms with Gasteiger partial charge in [0.15, 0.2) is 15.5 Å². The molecule has 0 radical (unpaired) electrons. The van der Waals surface area contributed by atoms with Crippen LogP contribution in [0, 0.1) is 12.7 Å². The number of amides is 1. The Morgan fingerprint density at radius 3 is 2.43 bits per heavy atom. The molecule has 1 amide bonds. The zero-order valence-corrected chi connectivity index (χ0v) is 19.9. The van der Waals surface area contributed by atoms with Crippen molar-refractivity contribution in [3.05, 3.63) is 82.4 Å². The van der Waals surface area contributed by atoms with E-state index in [1.807, 2.05) is 0 Å². The van der Waals surface area contributed by atoms with Crippen molar-refractivity contribution in [2.24, 2.45) is 5.73 Å². The highest BCUT2D eigenvalue weighted by Crippen LogP contribution is 2.30. The molecule has 2 unspecified atom stereocenters. The first-order valence-corrected chi connectivity index (χ1v) is 12.4. The lowest BCUT2D eigenvalue weighted by Crippen LogP contribution is -2.28. The Balaban J connectivity index is 1.82. The predicted octanol–water partition coefficient (Wildman–Crippen LogP) is 3.76. The third-order valence-corrected chi connectivity index (χ3v) is 6.63. The van der Waals surface area contributed by atoms with Crippen LogP contribution in [0.4, 0.5) is 17.6 Å². The Hall–Kier alpha value is -3.25. The molecule has 0 bridgehead atoms. The lowest BCUT2D eigenvalue weighted by atomic mass is 9.98. The highest BCUT2D eigenvalue weighted by atomic mass is 32.2. The van der Waals surface area contributed by atoms with E-state index in [1.54, 1.807) is 31.2 Å². The van der Waals surface area contributed by atoms with Gasteiger partial charge < -0.3 is 11.1 Å². The quantitative estimate of drug-likeness (QED) is 0.469. The van der Waals surface area contributed by atoms with Crippen molar-refractivity contribution in [1.29, 1.82) is 0 Å². The molecule has 0 aliphatic rings. The summed E-state index contributed by atoms with van der Waals surface area (Å²) in [5.74, 6) is -2.34. The predicted molar refractivity (Wildman–Crippen MR) is 122 cm³/mol. The average Bonchev–Trinajstić information content (AvgIpc) is 3.20. The number of halogens is 4. The van der Waals surface area contributed by atoms with Crippen LogP contribution >= 0.6 is 0 Å². The van der Waals surface area contributed by atoms with Crippen LogP contribution in [0.5, 0.6) is 0 Å². The Morgan fingerprint density at radius 1 is 1.17 bits per heavy atom. The molecule has 0 saturated heterocycles. The Kier molecular flexibility index (Phi) is 7.37. The van der Waals surface area contributed by atoms with Crippen molar-refractivity contribution >= 4 is 15.7 Å². The van der Waals surface area contributed by atoms with E-state index >= 15 is 0 Å². The van der Waals surface area contributed by atoms with Crippen LogP contribution in [0.1, 0.15) is 46.3 Å². The largest absolute Gasteiger partial charge is 0.435 e. The second-order valence-electron chi connectivity index (χ2n) is 8.24. The van der Waals surface area contributed by atoms with Gasteiger partial charge in [-0.3, -0.25) is 4.79 Å². The first-order chi connectivity index (χ1) is 16.2. The molecule has 12 heteroatoms. The zero-order chi connectivity index (χ0) is 26.1. The third kappa shape index (κ3) is 6.06. The number of aryl methyl sites for hydroxylation is 1. The van der Waals surface area contributed by atoms with Gasteiger partial charge in [-0.2, -0.15) is 18.3 Å². The summed E-state index contributed by atoms with van der Waals surface area (Å²) in [6.45, 7) is 3.01. The lowest BCUT2D eigenvalue weighted by Gasteiger charge is -2.16. The highest BCUT2D eigenvalue weighted by molar-refractivity contribution is 7.90. The van der Waals surface area contributed by atoms with Crippen LogP contribution in [0.25, 0.3) is 5.69 Å². The summed E-state index contributed by atoms with van der Waals surface area (Å²) in [6, 6.07) is 11.2. The van der Waals surface area contributed by atoms with Crippen LogP contribution in [0.15, 0.2) is 48.5 Å². The highest BCUT2D eigenvalue weighted by Gasteiger charge is 2.35. The molecular formula is C23H24F4N4O3S. The molecule has 3 aromatic rings. The number of nitrogens with zero attached hydrogens (tertiary/aromatic N) is 2. The molecule has 1 aromatic heterocycles. The van der Waals surface area contributed by atoms with Gasteiger partial charge in [-0.1, -0.05) is 24.3 Å². The van der Waals surface area contributed by atoms with E-state index in [0.29, 0.717) is 5.69 Å². The molecule has 3 N–H and O–H groups in total. The number of rotatable bonds is 7. The molecule has 0 aliphatic heterocycles. The van der Waals surface area contributed by atoms with Crippen LogP contribution in [0.3, 0.4) is 0 Å². The summed E-state index contributed by atoms with van der Waals surface area (Å²) in [5, 5.41) is 4.67. The van der Waals surface area contributed by atoms with E-state index in [4.69, 9.17) is 5.73 Å². The maximum Gasteiger partial charge on any atom is 0.435 e. The number of alkyl halides is 3. The number of aromatic nitrogens is 2. The number of hydrogen-bond acceptors (Lipinski definition) is 5. The van der Waals surface area contributed by atoms with E-state index in [0.717, 1.165) is 28.6 Å². The fraction of sp³-hybridized carbons (Fsp3) is 0.304. The summed E-state index contributed by atoms with van der Waals surface area (Å²) in [5.41, 5.74) is 5.81. The Morgan fingerprint density at radius 2 is 1.86 bits per heavy atom. The number of nitrogens with two attached hydrogens (primary N) is 1. The molecular weight excluding hydrogens is 488 g/mol. The third-order valence-electron chi connectivity index (χ3n) is 5.45. The lowest BCUT2D eigenvalue weighted by molar-refractivity contribution is -0.141. The van der Waals surface area contributed by atoms with Crippen molar-refractivity contribution in [3.8, 4) is 5.69 Å². The minimum Gasteiger partial charge on any atom is -0.350 e. The monoisotopic (exact) mass is 512 g/mol. The van der Waals surface area contributed by atoms with Gasteiger partial charge in [-0.25, -0.2) is 17.5 Å². The van der Waals surface area contributed by atoms with Gasteiger partial charge >= 0.3 is 6.18 Å². The summed E-state index contributed by atoms with van der Waals surface area (Å²) < 4.78 is 78.7. The van der Waals surface area contributed by atoms with Crippen molar-refractivity contribution in [2.45, 2.75) is 37.9 Å². The summed E-state index contributed by atoms with van der Waals surface area (Å²) in [4.78, 5) is 12.7. The molecule has 188 valence electrons. The Labute approximate surface area is 199 Å². The smallest absolute Gasteiger partial charge is 0.350 e. The zero-order valence-electron chi connectivity index (χ0n) is 19.1. The normalized spacial score (nSPS) is 13.9. The molecule has 2 aromatic carbocycles. The number of benzene rings is 2. The first kappa shape index (κ1) is 26.4. The number of sulfone groups is 1. The first-order valence-electron chi connectivity index (χ1n) is 10.4. The van der Waals surface area contributed by atoms with Crippen LogP contribution in [-0.4, -0.2) is 30.4 Å². The maximum atomic E-state index is 14.5. The van der Waals surface area contributed by atoms with Crippen molar-refractivity contribution < 1.29 is 30.8 Å². The molecule has 7 nitrogen and oxygen atoms in total. The van der Waals surface area contributed by atoms with E-state index in [2.05, 4.69) is 10.4 Å². The molecule has 2 atom stereocenters. The fourth-order valence-electron chi connectivity index (χ4n) is 3.42. The van der Waals surface area contributed by atoms with Crippen LogP contribution in [0.2, 0.25) is 0 Å². The molecule has 1 heterocycles. The van der Waals surface area contributed by atoms with E-state index < -0.39 is 44.7 Å². The fourth-order valence-corrected chi connectivity index (χ4v) is 4.08. The minimum absolute atomic E-state index is 0.101. The van der Waals surface area contributed by atoms with Gasteiger partial charge in [-0.15, -0.1) is 0 Å². The SMILES string of the molecule is Cc1cccc(-n2nc(C(F)(F)F)cc2CNC(=O)C(C)c2ccc(C(N)S(C)(=O)=O)c(F)c2)c1. The topological polar surface area (TPSA) is 107 Å². The van der Waals surface area contributed by atoms with Gasteiger partial charge in [0, 0.05) is 11.8 Å². The second-order valence-corrected chi connectivity index (χ2v) is 10.4. The van der Waals surface area contributed by atoms with E-state index in [9.17, 15) is 30.8 Å². The maximum absolute atomic E-state index is 14.5. The summed E-state index contributed by atoms with van der Waals surface area (Å²) >= 11 is 0. The van der Waals surface area contributed by atoms with Gasteiger partial charge in [0.05, 0.1) is 23.8 Å². The van der Waals surface area contributed by atoms with Gasteiger partial charge in [0.2, 0.25) is 5.91 Å². The molecule has 0 saturated carbocycles. The second kappa shape index (κ2) is 9.78. The van der Waals surface area contributed by atoms with E-state index in [1.165, 1.54) is 19.1 Å². The van der Waals surface area contributed by atoms with Crippen LogP contribution in [-0.2, 0) is 27.4 Å². The molecule has 0 fully saturated rings. The van der Waals surface area contributed by atoms with Crippen LogP contribution < -0.4 is 11.1 Å². The number of carbonyl (C=O) groups excluding carboxylic acids is 1. The molecule has 35 heavy (non-hydrogen) atoms. The summed E-state index contributed by atoms with van der Waals surface area (Å²) in [7, 11) is -3.74. The Bertz CT molecular complexity index is 1350. The van der Waals surface area contributed by atoms with Gasteiger partial charge in [-0.05, 0) is 49.2 Å². The minimum atomic E-state index is -4.67. The molecule has 3 rings (SSSR count).